The van der Waals surface area contributed by atoms with Gasteiger partial charge in [0.1, 0.15) is 0 Å². The molecule has 0 saturated carbocycles. The van der Waals surface area contributed by atoms with Gasteiger partial charge in [0.15, 0.2) is 0 Å². The molecule has 6 heteroatoms. The van der Waals surface area contributed by atoms with Crippen molar-refractivity contribution in [1.82, 2.24) is 0 Å². The molecular weight excluding hydrogens is 208 g/mol. The second kappa shape index (κ2) is 24.1. The van der Waals surface area contributed by atoms with Gasteiger partial charge in [-0.25, -0.2) is 40.2 Å². The summed E-state index contributed by atoms with van der Waals surface area (Å²) in [5, 5.41) is 0. The fraction of sp³-hybridized carbons (Fsp3) is 1.00. The van der Waals surface area contributed by atoms with Crippen molar-refractivity contribution in [3.63, 3.8) is 0 Å². The van der Waals surface area contributed by atoms with E-state index in [1.807, 2.05) is 0 Å². The van der Waals surface area contributed by atoms with Crippen LogP contribution in [0.5, 0.6) is 0 Å². The normalized spacial score (nSPS) is 4.00. The summed E-state index contributed by atoms with van der Waals surface area (Å²) < 4.78 is 0. The van der Waals surface area contributed by atoms with E-state index in [9.17, 15) is 0 Å². The van der Waals surface area contributed by atoms with Crippen LogP contribution in [0.2, 0.25) is 0 Å². The van der Waals surface area contributed by atoms with Crippen LogP contribution in [-0.2, 0) is 0 Å². The van der Waals surface area contributed by atoms with E-state index >= 15 is 0 Å². The second-order valence-corrected chi connectivity index (χ2v) is 4.45. The van der Waals surface area contributed by atoms with Crippen molar-refractivity contribution < 1.29 is 0 Å². The van der Waals surface area contributed by atoms with Gasteiger partial charge in [0.2, 0.25) is 0 Å². The van der Waals surface area contributed by atoms with Gasteiger partial charge in [-0.3, -0.25) is 0 Å². The molecule has 0 aromatic heterocycles. The average molecular weight is 212 g/mol. The Bertz CT molecular complexity index is 11.7. The molecule has 7 heavy (non-hydrogen) atoms. The monoisotopic (exact) mass is 210 g/mol. The minimum absolute atomic E-state index is 0. The maximum Gasteiger partial charge on any atom is 0.495 e. The van der Waals surface area contributed by atoms with Gasteiger partial charge in [-0.2, -0.15) is 0 Å². The molecule has 0 fully saturated rings. The molecule has 0 nitrogen and oxygen atoms in total. The zero-order valence-corrected chi connectivity index (χ0v) is 8.00. The Labute approximate surface area is 73.7 Å². The molecule has 0 rings (SSSR count). The SMILES string of the molecule is C.[Cl][Al][Cl].[Cl][Al][Cl]. The molecule has 0 heterocycles. The maximum absolute atomic E-state index is 4.85. The highest BCUT2D eigenvalue weighted by Gasteiger charge is 1.59. The van der Waals surface area contributed by atoms with Crippen LogP contribution < -0.4 is 0 Å². The third-order valence-electron chi connectivity index (χ3n) is 0. The van der Waals surface area contributed by atoms with Crippen molar-refractivity contribution in [2.75, 3.05) is 0 Å². The second-order valence-electron chi connectivity index (χ2n) is 0.165. The Hall–Kier alpha value is 2.22. The molecule has 0 bridgehead atoms. The minimum Gasteiger partial charge on any atom is -0.248 e. The molecule has 0 aliphatic carbocycles. The van der Waals surface area contributed by atoms with Crippen molar-refractivity contribution in [3.8, 4) is 0 Å². The molecule has 0 saturated heterocycles. The Morgan fingerprint density at radius 2 is 0.714 bits per heavy atom. The van der Waals surface area contributed by atoms with E-state index in [2.05, 4.69) is 0 Å². The van der Waals surface area contributed by atoms with E-state index in [0.717, 1.165) is 0 Å². The largest absolute Gasteiger partial charge is 0.495 e. The zero-order chi connectivity index (χ0) is 5.41. The molecule has 2 radical (unpaired) electrons. The topological polar surface area (TPSA) is 0 Å². The number of halogens is 4. The van der Waals surface area contributed by atoms with Crippen LogP contribution in [0.15, 0.2) is 0 Å². The van der Waals surface area contributed by atoms with Crippen molar-refractivity contribution in [2.24, 2.45) is 0 Å². The van der Waals surface area contributed by atoms with E-state index in [-0.39, 0.29) is 34.2 Å². The third-order valence-corrected chi connectivity index (χ3v) is 0. The Balaban J connectivity index is -0.0000000400. The predicted octanol–water partition coefficient (Wildman–Crippen LogP) is 2.63. The maximum atomic E-state index is 4.85. The van der Waals surface area contributed by atoms with Gasteiger partial charge in [0, 0.05) is 0 Å². The lowest BCUT2D eigenvalue weighted by Crippen LogP contribution is -1.36. The zero-order valence-electron chi connectivity index (χ0n) is 2.67. The summed E-state index contributed by atoms with van der Waals surface area (Å²) in [6, 6.07) is 0. The Kier molecular flexibility index (Phi) is 55.3. The van der Waals surface area contributed by atoms with E-state index in [1.54, 1.807) is 0 Å². The van der Waals surface area contributed by atoms with Crippen molar-refractivity contribution in [1.29, 1.82) is 0 Å². The highest BCUT2D eigenvalue weighted by Crippen LogP contribution is 1.67. The van der Waals surface area contributed by atoms with Gasteiger partial charge < -0.3 is 0 Å². The summed E-state index contributed by atoms with van der Waals surface area (Å²) in [6.07, 6.45) is 0. The lowest BCUT2D eigenvalue weighted by Gasteiger charge is -1.34. The van der Waals surface area contributed by atoms with E-state index in [1.165, 1.54) is 0 Å². The third kappa shape index (κ3) is 64.4. The number of hydrogen-bond acceptors (Lipinski definition) is 0. The van der Waals surface area contributed by atoms with Crippen LogP contribution in [0.25, 0.3) is 0 Å². The number of rotatable bonds is 0. The first-order valence-corrected chi connectivity index (χ1v) is 7.86. The molecule has 0 amide bonds. The number of hydrogen-bond donors (Lipinski definition) is 0. The van der Waals surface area contributed by atoms with Crippen molar-refractivity contribution >= 4 is 66.9 Å². The fourth-order valence-electron chi connectivity index (χ4n) is 0. The van der Waals surface area contributed by atoms with Gasteiger partial charge in [-0.1, -0.05) is 7.43 Å². The first kappa shape index (κ1) is 16.1. The van der Waals surface area contributed by atoms with Crippen molar-refractivity contribution in [3.05, 3.63) is 0 Å². The summed E-state index contributed by atoms with van der Waals surface area (Å²) in [5.41, 5.74) is 0. The predicted molar refractivity (Wildman–Crippen MR) is 41.7 cm³/mol. The highest BCUT2D eigenvalue weighted by molar-refractivity contribution is 7.22. The minimum atomic E-state index is -0.306. The molecule has 0 spiro atoms. The fourth-order valence-corrected chi connectivity index (χ4v) is 0. The van der Waals surface area contributed by atoms with E-state index in [0.29, 0.717) is 0 Å². The van der Waals surface area contributed by atoms with Crippen LogP contribution in [0.3, 0.4) is 0 Å². The van der Waals surface area contributed by atoms with Gasteiger partial charge in [0.25, 0.3) is 0 Å². The first-order valence-electron chi connectivity index (χ1n) is 0.873. The van der Waals surface area contributed by atoms with Gasteiger partial charge in [-0.05, 0) is 0 Å². The van der Waals surface area contributed by atoms with Gasteiger partial charge in [0.05, 0.1) is 0 Å². The van der Waals surface area contributed by atoms with Gasteiger partial charge >= 0.3 is 26.8 Å². The van der Waals surface area contributed by atoms with Crippen LogP contribution in [0.4, 0.5) is 0 Å². The van der Waals surface area contributed by atoms with Crippen molar-refractivity contribution in [2.45, 2.75) is 7.43 Å². The molecule has 42 valence electrons. The molecule has 0 unspecified atom stereocenters. The lowest BCUT2D eigenvalue weighted by atomic mass is 12.0. The summed E-state index contributed by atoms with van der Waals surface area (Å²) in [4.78, 5) is 0. The summed E-state index contributed by atoms with van der Waals surface area (Å²) in [5.74, 6) is 0. The quantitative estimate of drug-likeness (QED) is 0.541. The molecule has 0 atom stereocenters. The molecule has 0 N–H and O–H groups in total. The van der Waals surface area contributed by atoms with E-state index in [4.69, 9.17) is 40.2 Å². The molecular formula is CH4Al2Cl4. The van der Waals surface area contributed by atoms with Crippen LogP contribution in [0, 0.1) is 0 Å². The lowest BCUT2D eigenvalue weighted by molar-refractivity contribution is 2.50. The van der Waals surface area contributed by atoms with Crippen LogP contribution in [0.1, 0.15) is 7.43 Å². The summed E-state index contributed by atoms with van der Waals surface area (Å²) in [7, 11) is 19.4. The molecule has 0 aromatic rings. The van der Waals surface area contributed by atoms with E-state index < -0.39 is 0 Å². The molecule has 0 aromatic carbocycles. The van der Waals surface area contributed by atoms with Crippen LogP contribution in [-0.4, -0.2) is 26.8 Å². The highest BCUT2D eigenvalue weighted by atomic mass is 35.7. The smallest absolute Gasteiger partial charge is 0.248 e. The summed E-state index contributed by atoms with van der Waals surface area (Å²) in [6.45, 7) is 0. The summed E-state index contributed by atoms with van der Waals surface area (Å²) >= 11 is -0.611. The first-order chi connectivity index (χ1) is 2.83. The van der Waals surface area contributed by atoms with Gasteiger partial charge in [-0.15, -0.1) is 0 Å². The Morgan fingerprint density at radius 3 is 0.714 bits per heavy atom. The average Bonchev–Trinajstić information content (AvgIpc) is 1.39. The molecule has 0 aliphatic rings. The van der Waals surface area contributed by atoms with Crippen LogP contribution >= 0.6 is 40.2 Å². The molecule has 0 aliphatic heterocycles. The standard InChI is InChI=1S/CH4.2Al.4ClH/h1H4;;;4*1H/q;2*+2;;;;/p-4. The Morgan fingerprint density at radius 1 is 0.714 bits per heavy atom.